The fourth-order valence-electron chi connectivity index (χ4n) is 7.37. The Kier molecular flexibility index (Phi) is 16.3. The minimum absolute atomic E-state index is 0. The molecule has 0 spiro atoms. The van der Waals surface area contributed by atoms with Gasteiger partial charge in [-0.05, 0) is 110 Å². The number of aromatic nitrogens is 4. The highest BCUT2D eigenvalue weighted by Crippen LogP contribution is 2.36. The Bertz CT molecular complexity index is 2720. The van der Waals surface area contributed by atoms with Gasteiger partial charge in [0.2, 0.25) is 0 Å². The largest absolute Gasteiger partial charge is 0.436 e. The van der Waals surface area contributed by atoms with Crippen molar-refractivity contribution in [2.24, 2.45) is 31.7 Å². The molecule has 346 valence electrons. The van der Waals surface area contributed by atoms with Gasteiger partial charge in [-0.2, -0.15) is 0 Å². The lowest BCUT2D eigenvalue weighted by atomic mass is 10.1. The second kappa shape index (κ2) is 22.1. The molecular weight excluding hydrogens is 893 g/mol. The minimum Gasteiger partial charge on any atom is -0.436 e. The van der Waals surface area contributed by atoms with Gasteiger partial charge in [-0.3, -0.25) is 9.59 Å². The van der Waals surface area contributed by atoms with Gasteiger partial charge in [0.25, 0.3) is 11.8 Å². The molecule has 66 heavy (non-hydrogen) atoms. The van der Waals surface area contributed by atoms with Gasteiger partial charge in [-0.15, -0.1) is 0 Å². The van der Waals surface area contributed by atoms with Crippen molar-refractivity contribution in [2.45, 2.75) is 70.9 Å². The van der Waals surface area contributed by atoms with Crippen LogP contribution < -0.4 is 21.7 Å². The number of hydrogen-bond acceptors (Lipinski definition) is 8. The van der Waals surface area contributed by atoms with E-state index in [0.717, 1.165) is 47.9 Å². The molecule has 4 aliphatic carbocycles. The van der Waals surface area contributed by atoms with Crippen molar-refractivity contribution in [3.63, 3.8) is 0 Å². The molecule has 5 aromatic rings. The fourth-order valence-corrected chi connectivity index (χ4v) is 7.73. The van der Waals surface area contributed by atoms with Crippen LogP contribution in [0, 0.1) is 47.2 Å². The first-order valence-corrected chi connectivity index (χ1v) is 21.7. The predicted octanol–water partition coefficient (Wildman–Crippen LogP) is 9.13. The number of rotatable bonds is 7. The third-order valence-corrected chi connectivity index (χ3v) is 11.5. The second-order valence-electron chi connectivity index (χ2n) is 15.9. The molecule has 9 rings (SSSR count). The zero-order chi connectivity index (χ0) is 46.2. The van der Waals surface area contributed by atoms with Gasteiger partial charge >= 0.3 is 12.2 Å². The van der Waals surface area contributed by atoms with E-state index in [1.807, 2.05) is 19.4 Å². The van der Waals surface area contributed by atoms with Crippen molar-refractivity contribution in [3.05, 3.63) is 123 Å². The maximum Gasteiger partial charge on any atom is 0.420 e. The molecule has 2 atom stereocenters. The molecule has 0 bridgehead atoms. The van der Waals surface area contributed by atoms with Crippen molar-refractivity contribution in [1.29, 1.82) is 0 Å². The Hall–Kier alpha value is -6.59. The van der Waals surface area contributed by atoms with Crippen LogP contribution in [0.4, 0.5) is 29.7 Å². The molecule has 4 aliphatic rings. The third-order valence-electron chi connectivity index (χ3n) is 10.9. The summed E-state index contributed by atoms with van der Waals surface area (Å²) < 4.78 is 41.3. The number of benzene rings is 2. The van der Waals surface area contributed by atoms with Gasteiger partial charge in [0.15, 0.2) is 13.2 Å². The summed E-state index contributed by atoms with van der Waals surface area (Å²) in [4.78, 5) is 52.3. The molecule has 3 amide bonds. The number of anilines is 2. The number of nitrogens with one attached hydrogen (secondary N) is 3. The van der Waals surface area contributed by atoms with Gasteiger partial charge in [-0.1, -0.05) is 54.3 Å². The topological polar surface area (TPSA) is 177 Å². The molecule has 2 unspecified atom stereocenters. The van der Waals surface area contributed by atoms with E-state index in [-0.39, 0.29) is 54.6 Å². The summed E-state index contributed by atoms with van der Waals surface area (Å²) in [5.41, 5.74) is 11.8. The molecule has 14 nitrogen and oxygen atoms in total. The van der Waals surface area contributed by atoms with Crippen molar-refractivity contribution < 1.29 is 37.4 Å². The first kappa shape index (κ1) is 48.9. The molecule has 0 radical (unpaired) electrons. The van der Waals surface area contributed by atoms with Crippen molar-refractivity contribution in [3.8, 4) is 23.7 Å². The molecule has 0 saturated heterocycles. The van der Waals surface area contributed by atoms with E-state index < -0.39 is 23.8 Å². The van der Waals surface area contributed by atoms with E-state index in [0.29, 0.717) is 47.4 Å². The summed E-state index contributed by atoms with van der Waals surface area (Å²) >= 11 is 11.5. The highest BCUT2D eigenvalue weighted by atomic mass is 35.5. The second-order valence-corrected chi connectivity index (χ2v) is 16.7. The van der Waals surface area contributed by atoms with Crippen LogP contribution in [0.5, 0.6) is 0 Å². The van der Waals surface area contributed by atoms with Crippen molar-refractivity contribution >= 4 is 58.6 Å². The number of hydrogen-bond donors (Lipinski definition) is 4. The summed E-state index contributed by atoms with van der Waals surface area (Å²) in [6, 6.07) is 7.89. The minimum atomic E-state index is -0.547. The highest BCUT2D eigenvalue weighted by molar-refractivity contribution is 6.31. The van der Waals surface area contributed by atoms with Crippen LogP contribution in [-0.4, -0.2) is 55.9 Å². The first-order chi connectivity index (χ1) is 31.2. The summed E-state index contributed by atoms with van der Waals surface area (Å²) in [7, 11) is 3.59. The summed E-state index contributed by atoms with van der Waals surface area (Å²) in [5, 5.41) is 8.26. The van der Waals surface area contributed by atoms with Crippen molar-refractivity contribution in [1.82, 2.24) is 24.0 Å². The number of carbonyl (C=O) groups is 4. The number of halogens is 4. The normalized spacial score (nSPS) is 16.1. The molecule has 3 heterocycles. The van der Waals surface area contributed by atoms with Gasteiger partial charge < -0.3 is 40.3 Å². The van der Waals surface area contributed by atoms with E-state index in [2.05, 4.69) is 44.6 Å². The van der Waals surface area contributed by atoms with Crippen LogP contribution in [-0.2, 0) is 36.4 Å². The molecule has 3 aromatic heterocycles. The van der Waals surface area contributed by atoms with Crippen molar-refractivity contribution in [2.75, 3.05) is 23.8 Å². The first-order valence-electron chi connectivity index (χ1n) is 20.9. The maximum absolute atomic E-state index is 13.3. The Morgan fingerprint density at radius 3 is 1.80 bits per heavy atom. The van der Waals surface area contributed by atoms with Crippen LogP contribution in [0.1, 0.15) is 101 Å². The molecular formula is C48H50Cl2F2N8O6. The van der Waals surface area contributed by atoms with Crippen LogP contribution in [0.2, 0.25) is 10.0 Å². The lowest BCUT2D eigenvalue weighted by Crippen LogP contribution is -2.27. The number of imidazole rings is 1. The number of fused-ring (bicyclic) bond motifs is 2. The molecule has 2 fully saturated rings. The SMILES string of the molecule is C.Cn1cc2c(c1C(=O)Nc1ccc(F)c(Cl)c1)CCC2N.Cn1cc2c(c1C(=O)Nc1ccc(F)c(Cl)c1)CCC2NC(=O)OCC#CC1CC1.O=C(OCC#CC1CC1)n1ccnc1. The molecule has 2 aromatic carbocycles. The van der Waals surface area contributed by atoms with Crippen LogP contribution >= 0.6 is 23.2 Å². The lowest BCUT2D eigenvalue weighted by Gasteiger charge is -2.12. The molecule has 2 saturated carbocycles. The van der Waals surface area contributed by atoms with Gasteiger partial charge in [0.1, 0.15) is 29.3 Å². The van der Waals surface area contributed by atoms with Crippen LogP contribution in [0.15, 0.2) is 67.5 Å². The summed E-state index contributed by atoms with van der Waals surface area (Å²) in [6.07, 6.45) is 14.8. The van der Waals surface area contributed by atoms with Crippen LogP contribution in [0.3, 0.4) is 0 Å². The summed E-state index contributed by atoms with van der Waals surface area (Å²) in [5.74, 6) is 11.1. The Morgan fingerprint density at radius 2 is 1.29 bits per heavy atom. The highest BCUT2D eigenvalue weighted by Gasteiger charge is 2.32. The third kappa shape index (κ3) is 12.6. The Morgan fingerprint density at radius 1 is 0.773 bits per heavy atom. The maximum atomic E-state index is 13.3. The van der Waals surface area contributed by atoms with E-state index in [1.54, 1.807) is 16.2 Å². The van der Waals surface area contributed by atoms with Gasteiger partial charge in [0.05, 0.1) is 16.1 Å². The molecule has 0 aliphatic heterocycles. The smallest absolute Gasteiger partial charge is 0.420 e. The number of carbonyl (C=O) groups excluding carboxylic acids is 4. The number of ether oxygens (including phenoxy) is 2. The zero-order valence-corrected chi connectivity index (χ0v) is 37.1. The Balaban J connectivity index is 0.000000174. The number of alkyl carbamates (subject to hydrolysis) is 1. The fraction of sp³-hybridized carbons (Fsp3) is 0.354. The summed E-state index contributed by atoms with van der Waals surface area (Å²) in [6.45, 7) is 0.234. The van der Waals surface area contributed by atoms with E-state index in [9.17, 15) is 28.0 Å². The zero-order valence-electron chi connectivity index (χ0n) is 35.6. The lowest BCUT2D eigenvalue weighted by molar-refractivity contribution is 0.101. The predicted molar refractivity (Wildman–Crippen MR) is 247 cm³/mol. The molecule has 18 heteroatoms. The number of nitrogens with two attached hydrogens (primary N) is 1. The Labute approximate surface area is 391 Å². The van der Waals surface area contributed by atoms with Gasteiger partial charge in [-0.25, -0.2) is 27.9 Å². The van der Waals surface area contributed by atoms with Gasteiger partial charge in [0, 0.05) is 68.1 Å². The average Bonchev–Trinajstić information content (AvgIpc) is 4.03. The van der Waals surface area contributed by atoms with E-state index >= 15 is 0 Å². The number of aryl methyl sites for hydroxylation is 2. The number of amides is 3. The molecule has 5 N–H and O–H groups in total. The van der Waals surface area contributed by atoms with Crippen LogP contribution in [0.25, 0.3) is 0 Å². The van der Waals surface area contributed by atoms with E-state index in [4.69, 9.17) is 38.4 Å². The quantitative estimate of drug-likeness (QED) is 0.117. The monoisotopic (exact) mass is 942 g/mol. The average molecular weight is 944 g/mol. The van der Waals surface area contributed by atoms with E-state index in [1.165, 1.54) is 72.5 Å². The number of nitrogens with zero attached hydrogens (tertiary/aromatic N) is 4. The standard InChI is InChI=1S/C22H21ClFN3O3.C15H15ClFN3O.C10H10N2O2.CH4/c1-27-12-16-15(20(27)21(28)25-14-6-8-18(24)17(23)11-14)7-9-19(16)26-22(29)30-10-2-3-13-4-5-13;1-20-7-10-9(3-5-13(10)18)14(20)15(21)19-8-2-4-12(17)11(16)6-8;13-10(12-6-5-11-8-12)14-7-1-2-9-3-4-9;/h6,8,11-13,19H,4-5,7,9-10H2,1H3,(H,25,28)(H,26,29);2,4,6-7,13H,3,5,18H2,1H3,(H,19,21);5-6,8-9H,3-4,7H2;1H4.